The van der Waals surface area contributed by atoms with Gasteiger partial charge in [-0.2, -0.15) is 0 Å². The van der Waals surface area contributed by atoms with Gasteiger partial charge in [0.2, 0.25) is 0 Å². The Bertz CT molecular complexity index is 227. The largest absolute Gasteiger partial charge is 0.316 e. The summed E-state index contributed by atoms with van der Waals surface area (Å²) < 4.78 is 0. The first-order valence-electron chi connectivity index (χ1n) is 7.19. The first-order chi connectivity index (χ1) is 8.18. The molecule has 1 aliphatic carbocycles. The van der Waals surface area contributed by atoms with E-state index in [9.17, 15) is 0 Å². The smallest absolute Gasteiger partial charge is 0 e. The molecule has 2 heteroatoms. The fraction of sp³-hybridized carbons (Fsp3) is 0.875. The minimum Gasteiger partial charge on any atom is -0.316 e. The molecule has 0 aromatic carbocycles. The van der Waals surface area contributed by atoms with E-state index in [1.807, 2.05) is 0 Å². The van der Waals surface area contributed by atoms with Gasteiger partial charge in [-0.05, 0) is 78.7 Å². The summed E-state index contributed by atoms with van der Waals surface area (Å²) in [6, 6.07) is 0. The third-order valence-corrected chi connectivity index (χ3v) is 3.64. The molecule has 1 aliphatic rings. The van der Waals surface area contributed by atoms with Crippen molar-refractivity contribution in [1.29, 1.82) is 0 Å². The number of nitrogens with one attached hydrogen (secondary N) is 1. The molecule has 0 fully saturated rings. The molecule has 1 atom stereocenters. The fourth-order valence-electron chi connectivity index (χ4n) is 2.37. The molecule has 0 radical (unpaired) electrons. The van der Waals surface area contributed by atoms with Crippen LogP contribution in [0.5, 0.6) is 0 Å². The van der Waals surface area contributed by atoms with Crippen LogP contribution >= 0.6 is 0 Å². The van der Waals surface area contributed by atoms with Crippen LogP contribution in [-0.4, -0.2) is 38.6 Å². The molecule has 1 N–H and O–H groups in total. The van der Waals surface area contributed by atoms with Crippen LogP contribution in [0.25, 0.3) is 0 Å². The number of hydrogen-bond acceptors (Lipinski definition) is 2. The Hall–Kier alpha value is -0.340. The summed E-state index contributed by atoms with van der Waals surface area (Å²) in [6.07, 6.45) is 10.4. The Kier molecular flexibility index (Phi) is 10.4. The lowest BCUT2D eigenvalue weighted by molar-refractivity contribution is 0.386. The molecule has 0 bridgehead atoms. The van der Waals surface area contributed by atoms with Crippen molar-refractivity contribution in [2.45, 2.75) is 52.9 Å². The second kappa shape index (κ2) is 10.6. The summed E-state index contributed by atoms with van der Waals surface area (Å²) in [5.41, 5.74) is 1.59. The highest BCUT2D eigenvalue weighted by Crippen LogP contribution is 2.22. The van der Waals surface area contributed by atoms with Crippen molar-refractivity contribution in [3.05, 3.63) is 11.6 Å². The predicted molar refractivity (Wildman–Crippen MR) is 85.2 cm³/mol. The molecular formula is C16H36N2. The number of allylic oxidation sites excluding steroid dienone is 2. The molecule has 0 amide bonds. The highest BCUT2D eigenvalue weighted by atomic mass is 15.0. The third-order valence-electron chi connectivity index (χ3n) is 3.64. The van der Waals surface area contributed by atoms with Crippen molar-refractivity contribution in [3.63, 3.8) is 0 Å². The maximum absolute atomic E-state index is 3.62. The first-order valence-corrected chi connectivity index (χ1v) is 7.19. The van der Waals surface area contributed by atoms with E-state index in [0.717, 1.165) is 5.92 Å². The van der Waals surface area contributed by atoms with Gasteiger partial charge in [0.25, 0.3) is 0 Å². The average molecular weight is 256 g/mol. The first kappa shape index (κ1) is 17.7. The molecular weight excluding hydrogens is 220 g/mol. The van der Waals surface area contributed by atoms with Crippen molar-refractivity contribution in [2.24, 2.45) is 5.92 Å². The normalized spacial score (nSPS) is 19.6. The maximum atomic E-state index is 3.62. The molecule has 1 rings (SSSR count). The second-order valence-electron chi connectivity index (χ2n) is 5.76. The average Bonchev–Trinajstić information content (AvgIpc) is 2.30. The lowest BCUT2D eigenvalue weighted by Crippen LogP contribution is -2.25. The zero-order chi connectivity index (χ0) is 12.5. The molecule has 110 valence electrons. The zero-order valence-corrected chi connectivity index (χ0v) is 12.0. The van der Waals surface area contributed by atoms with Crippen LogP contribution in [0.1, 0.15) is 54.3 Å². The molecule has 0 spiro atoms. The second-order valence-corrected chi connectivity index (χ2v) is 5.76. The lowest BCUT2D eigenvalue weighted by Gasteiger charge is -2.20. The van der Waals surface area contributed by atoms with Crippen LogP contribution in [0.3, 0.4) is 0 Å². The van der Waals surface area contributed by atoms with Crippen molar-refractivity contribution in [2.75, 3.05) is 33.7 Å². The standard InChI is InChI=1S/C15H30N2.CH4.H2/c1-14-7-9-15(10-8-14)13-16-11-5-4-6-12-17(2)3;;/h7,15-16H,4-6,8-13H2,1-3H3;1H4;1H/t15-;;/m1../s1. The van der Waals surface area contributed by atoms with Gasteiger partial charge in [0.05, 0.1) is 0 Å². The van der Waals surface area contributed by atoms with Gasteiger partial charge in [-0.25, -0.2) is 0 Å². The van der Waals surface area contributed by atoms with E-state index in [0.29, 0.717) is 0 Å². The summed E-state index contributed by atoms with van der Waals surface area (Å²) in [5, 5.41) is 3.62. The predicted octanol–water partition coefficient (Wildman–Crippen LogP) is 3.94. The molecule has 0 unspecified atom stereocenters. The maximum Gasteiger partial charge on any atom is 0 e. The Morgan fingerprint density at radius 1 is 1.33 bits per heavy atom. The molecule has 0 heterocycles. The van der Waals surface area contributed by atoms with Crippen LogP contribution in [0, 0.1) is 5.92 Å². The van der Waals surface area contributed by atoms with Gasteiger partial charge in [-0.1, -0.05) is 25.5 Å². The molecule has 0 aliphatic heterocycles. The van der Waals surface area contributed by atoms with Gasteiger partial charge in [-0.3, -0.25) is 0 Å². The number of rotatable bonds is 8. The van der Waals surface area contributed by atoms with Crippen LogP contribution in [0.2, 0.25) is 0 Å². The van der Waals surface area contributed by atoms with Crippen LogP contribution < -0.4 is 5.32 Å². The van der Waals surface area contributed by atoms with Crippen LogP contribution in [0.4, 0.5) is 0 Å². The van der Waals surface area contributed by atoms with Gasteiger partial charge in [0.15, 0.2) is 0 Å². The summed E-state index contributed by atoms with van der Waals surface area (Å²) in [7, 11) is 4.30. The summed E-state index contributed by atoms with van der Waals surface area (Å²) in [4.78, 5) is 2.27. The van der Waals surface area contributed by atoms with E-state index in [4.69, 9.17) is 0 Å². The number of nitrogens with zero attached hydrogens (tertiary/aromatic N) is 1. The molecule has 0 aromatic rings. The highest BCUT2D eigenvalue weighted by Gasteiger charge is 2.11. The summed E-state index contributed by atoms with van der Waals surface area (Å²) in [5.74, 6) is 0.889. The van der Waals surface area contributed by atoms with Gasteiger partial charge < -0.3 is 10.2 Å². The monoisotopic (exact) mass is 256 g/mol. The van der Waals surface area contributed by atoms with E-state index in [1.165, 1.54) is 58.2 Å². The van der Waals surface area contributed by atoms with Crippen LogP contribution in [-0.2, 0) is 0 Å². The Morgan fingerprint density at radius 2 is 2.11 bits per heavy atom. The minimum absolute atomic E-state index is 0. The van der Waals surface area contributed by atoms with Gasteiger partial charge in [0, 0.05) is 1.43 Å². The Morgan fingerprint density at radius 3 is 2.72 bits per heavy atom. The van der Waals surface area contributed by atoms with E-state index in [2.05, 4.69) is 37.3 Å². The van der Waals surface area contributed by atoms with Crippen molar-refractivity contribution < 1.29 is 1.43 Å². The lowest BCUT2D eigenvalue weighted by atomic mass is 9.90. The van der Waals surface area contributed by atoms with Gasteiger partial charge >= 0.3 is 0 Å². The Balaban J connectivity index is 0. The topological polar surface area (TPSA) is 15.3 Å². The van der Waals surface area contributed by atoms with E-state index in [1.54, 1.807) is 5.57 Å². The summed E-state index contributed by atoms with van der Waals surface area (Å²) in [6.45, 7) is 5.91. The molecule has 0 saturated heterocycles. The fourth-order valence-corrected chi connectivity index (χ4v) is 2.37. The molecule has 0 saturated carbocycles. The summed E-state index contributed by atoms with van der Waals surface area (Å²) >= 11 is 0. The SMILES string of the molecule is C.CC1=CC[C@@H](CNCCCCCN(C)C)CC1.[HH]. The van der Waals surface area contributed by atoms with Crippen molar-refractivity contribution >= 4 is 0 Å². The number of unbranched alkanes of at least 4 members (excludes halogenated alkanes) is 2. The molecule has 18 heavy (non-hydrogen) atoms. The highest BCUT2D eigenvalue weighted by molar-refractivity contribution is 5.02. The Labute approximate surface area is 116 Å². The minimum atomic E-state index is 0. The van der Waals surface area contributed by atoms with Crippen molar-refractivity contribution in [1.82, 2.24) is 10.2 Å². The molecule has 2 nitrogen and oxygen atoms in total. The quantitative estimate of drug-likeness (QED) is 0.523. The van der Waals surface area contributed by atoms with Gasteiger partial charge in [0.1, 0.15) is 0 Å². The molecule has 0 aromatic heterocycles. The van der Waals surface area contributed by atoms with E-state index in [-0.39, 0.29) is 8.85 Å². The number of hydrogen-bond donors (Lipinski definition) is 1. The third kappa shape index (κ3) is 8.71. The van der Waals surface area contributed by atoms with E-state index < -0.39 is 0 Å². The van der Waals surface area contributed by atoms with Crippen LogP contribution in [0.15, 0.2) is 11.6 Å². The van der Waals surface area contributed by atoms with Gasteiger partial charge in [-0.15, -0.1) is 0 Å². The van der Waals surface area contributed by atoms with Crippen molar-refractivity contribution in [3.8, 4) is 0 Å². The zero-order valence-electron chi connectivity index (χ0n) is 12.0. The van der Waals surface area contributed by atoms with E-state index >= 15 is 0 Å².